The lowest BCUT2D eigenvalue weighted by Crippen LogP contribution is -2.10. The fourth-order valence-electron chi connectivity index (χ4n) is 0.0304. The van der Waals surface area contributed by atoms with Gasteiger partial charge in [0.15, 0.2) is 0 Å². The molecule has 0 radical (unpaired) electrons. The van der Waals surface area contributed by atoms with E-state index in [4.69, 9.17) is 15.3 Å². The van der Waals surface area contributed by atoms with Crippen LogP contribution >= 0.6 is 0 Å². The molecule has 1 N–H and O–H groups in total. The molecular weight excluding hydrogens is 92.0 g/mol. The first-order chi connectivity index (χ1) is 2.77. The Labute approximate surface area is 32.3 Å². The van der Waals surface area contributed by atoms with Crippen LogP contribution in [0.1, 0.15) is 0 Å². The molecule has 0 spiro atoms. The second-order valence-corrected chi connectivity index (χ2v) is 0.398. The first-order valence-corrected chi connectivity index (χ1v) is 0.956. The maximum absolute atomic E-state index is 8.92. The van der Waals surface area contributed by atoms with Gasteiger partial charge in [0.05, 0.1) is 0 Å². The van der Waals surface area contributed by atoms with E-state index in [2.05, 4.69) is 4.94 Å². The van der Waals surface area contributed by atoms with E-state index in [-0.39, 0.29) is 0 Å². The maximum atomic E-state index is 8.92. The Morgan fingerprint density at radius 1 is 1.83 bits per heavy atom. The van der Waals surface area contributed by atoms with E-state index in [1.807, 2.05) is 0 Å². The third kappa shape index (κ3) is 3.12. The van der Waals surface area contributed by atoms with E-state index < -0.39 is 5.09 Å². The van der Waals surface area contributed by atoms with Crippen molar-refractivity contribution in [1.29, 1.82) is 0 Å². The molecular formula is HN2O4-. The number of hydrogen-bond acceptors (Lipinski definition) is 5. The van der Waals surface area contributed by atoms with Crippen LogP contribution in [0.3, 0.4) is 0 Å². The lowest BCUT2D eigenvalue weighted by atomic mass is 12.9. The third-order valence-corrected chi connectivity index (χ3v) is 0.112. The normalized spacial score (nSPS) is 7.50. The average Bonchev–Trinajstić information content (AvgIpc) is 1.35. The van der Waals surface area contributed by atoms with Gasteiger partial charge < -0.3 is 5.21 Å². The van der Waals surface area contributed by atoms with Crippen molar-refractivity contribution in [2.75, 3.05) is 0 Å². The summed E-state index contributed by atoms with van der Waals surface area (Å²) in [6.07, 6.45) is 0. The highest BCUT2D eigenvalue weighted by molar-refractivity contribution is 4.06. The van der Waals surface area contributed by atoms with Crippen LogP contribution in [0.2, 0.25) is 0 Å². The lowest BCUT2D eigenvalue weighted by Gasteiger charge is -1.98. The molecule has 0 unspecified atom stereocenters. The Balaban J connectivity index is 2.83. The van der Waals surface area contributed by atoms with Crippen molar-refractivity contribution in [2.24, 2.45) is 0 Å². The highest BCUT2D eigenvalue weighted by atomic mass is 17.1. The van der Waals surface area contributed by atoms with Gasteiger partial charge in [-0.2, -0.15) is 0 Å². The van der Waals surface area contributed by atoms with Gasteiger partial charge >= 0.3 is 5.09 Å². The summed E-state index contributed by atoms with van der Waals surface area (Å²) in [6.45, 7) is 0. The van der Waals surface area contributed by atoms with Crippen molar-refractivity contribution in [2.45, 2.75) is 0 Å². The van der Waals surface area contributed by atoms with Crippen LogP contribution in [0.15, 0.2) is 0 Å². The summed E-state index contributed by atoms with van der Waals surface area (Å²) in [5.41, 5.74) is 0.618. The van der Waals surface area contributed by atoms with Crippen LogP contribution in [0.4, 0.5) is 0 Å². The second-order valence-electron chi connectivity index (χ2n) is 0.398. The largest absolute Gasteiger partial charge is 0.766 e. The van der Waals surface area contributed by atoms with Crippen molar-refractivity contribution in [3.8, 4) is 0 Å². The molecule has 0 heterocycles. The molecule has 6 nitrogen and oxygen atoms in total. The molecule has 0 amide bonds. The van der Waals surface area contributed by atoms with Crippen molar-refractivity contribution in [1.82, 2.24) is 5.64 Å². The molecule has 0 fully saturated rings. The molecule has 0 aromatic carbocycles. The summed E-state index contributed by atoms with van der Waals surface area (Å²) in [4.78, 5) is 11.9. The van der Waals surface area contributed by atoms with E-state index >= 15 is 0 Å². The van der Waals surface area contributed by atoms with Crippen molar-refractivity contribution in [3.63, 3.8) is 0 Å². The summed E-state index contributed by atoms with van der Waals surface area (Å²) >= 11 is 0. The van der Waals surface area contributed by atoms with Crippen molar-refractivity contribution >= 4 is 0 Å². The zero-order chi connectivity index (χ0) is 4.99. The number of nitrogens with one attached hydrogen (secondary N) is 1. The van der Waals surface area contributed by atoms with Gasteiger partial charge in [-0.25, -0.2) is 10.6 Å². The fourth-order valence-corrected chi connectivity index (χ4v) is 0.0304. The molecule has 0 aromatic heterocycles. The molecule has 0 atom stereocenters. The molecule has 0 rings (SSSR count). The summed E-state index contributed by atoms with van der Waals surface area (Å²) in [5, 5.41) is 16.5. The topological polar surface area (TPSA) is 87.5 Å². The Morgan fingerprint density at radius 2 is 2.33 bits per heavy atom. The predicted molar refractivity (Wildman–Crippen MR) is 14.6 cm³/mol. The summed E-state index contributed by atoms with van der Waals surface area (Å²) in [5.74, 6) is 0. The average molecular weight is 93.0 g/mol. The van der Waals surface area contributed by atoms with E-state index in [0.717, 1.165) is 0 Å². The Morgan fingerprint density at radius 3 is 2.33 bits per heavy atom. The Kier molecular flexibility index (Phi) is 2.02. The van der Waals surface area contributed by atoms with Crippen molar-refractivity contribution < 1.29 is 10.0 Å². The summed E-state index contributed by atoms with van der Waals surface area (Å²) in [6, 6.07) is 0. The standard InChI is InChI=1S/HN2O4/c3-1-6-2(4)5/h1H/q-1. The van der Waals surface area contributed by atoms with E-state index in [9.17, 15) is 0 Å². The minimum atomic E-state index is -1.24. The minimum Gasteiger partial charge on any atom is -0.766 e. The second kappa shape index (κ2) is 2.36. The van der Waals surface area contributed by atoms with Crippen LogP contribution in [-0.2, 0) is 4.94 Å². The van der Waals surface area contributed by atoms with Gasteiger partial charge in [0.2, 0.25) is 0 Å². The first-order valence-electron chi connectivity index (χ1n) is 0.956. The monoisotopic (exact) mass is 93.0 g/mol. The van der Waals surface area contributed by atoms with E-state index in [0.29, 0.717) is 5.64 Å². The Hall–Kier alpha value is -0.880. The molecule has 0 aliphatic heterocycles. The summed E-state index contributed by atoms with van der Waals surface area (Å²) in [7, 11) is 0. The molecule has 6 heavy (non-hydrogen) atoms. The highest BCUT2D eigenvalue weighted by Crippen LogP contribution is 1.59. The zero-order valence-electron chi connectivity index (χ0n) is 2.58. The molecule has 6 heteroatoms. The van der Waals surface area contributed by atoms with E-state index in [1.165, 1.54) is 0 Å². The number of hydrogen-bond donors (Lipinski definition) is 1. The molecule has 0 saturated carbocycles. The maximum Gasteiger partial charge on any atom is 0.311 e. The van der Waals surface area contributed by atoms with Gasteiger partial charge in [-0.1, -0.05) is 0 Å². The third-order valence-electron chi connectivity index (χ3n) is 0.112. The zero-order valence-corrected chi connectivity index (χ0v) is 2.58. The molecule has 0 aromatic rings. The van der Waals surface area contributed by atoms with Gasteiger partial charge in [-0.05, 0) is 0 Å². The molecule has 36 valence electrons. The lowest BCUT2D eigenvalue weighted by molar-refractivity contribution is -0.773. The van der Waals surface area contributed by atoms with Crippen LogP contribution in [0.5, 0.6) is 0 Å². The smallest absolute Gasteiger partial charge is 0.311 e. The van der Waals surface area contributed by atoms with Crippen molar-refractivity contribution in [3.05, 3.63) is 15.3 Å². The van der Waals surface area contributed by atoms with Gasteiger partial charge in [0.25, 0.3) is 0 Å². The van der Waals surface area contributed by atoms with Crippen LogP contribution in [0, 0.1) is 15.3 Å². The van der Waals surface area contributed by atoms with Crippen LogP contribution in [-0.4, -0.2) is 5.09 Å². The molecule has 0 saturated heterocycles. The minimum absolute atomic E-state index is 0.618. The first kappa shape index (κ1) is 5.12. The number of rotatable bonds is 2. The van der Waals surface area contributed by atoms with Crippen LogP contribution in [0.25, 0.3) is 0 Å². The predicted octanol–water partition coefficient (Wildman–Crippen LogP) is -0.803. The molecule has 0 bridgehead atoms. The molecule has 0 aliphatic carbocycles. The quantitative estimate of drug-likeness (QED) is 0.356. The fraction of sp³-hybridized carbons (Fsp3) is 0. The van der Waals surface area contributed by atoms with Gasteiger partial charge in [-0.15, -0.1) is 10.1 Å². The van der Waals surface area contributed by atoms with Gasteiger partial charge in [0, 0.05) is 0 Å². The van der Waals surface area contributed by atoms with E-state index in [1.54, 1.807) is 0 Å². The summed E-state index contributed by atoms with van der Waals surface area (Å²) < 4.78 is 0. The number of nitrogens with zero attached hydrogens (tertiary/aromatic N) is 1. The molecule has 0 aliphatic rings. The van der Waals surface area contributed by atoms with Gasteiger partial charge in [-0.3, -0.25) is 0 Å². The highest BCUT2D eigenvalue weighted by Gasteiger charge is 1.80. The van der Waals surface area contributed by atoms with Crippen LogP contribution < -0.4 is 5.64 Å². The SMILES string of the molecule is O=[N+]([O-])ON[O-]. The Bertz CT molecular complexity index is 49.5. The van der Waals surface area contributed by atoms with Gasteiger partial charge in [0.1, 0.15) is 0 Å².